The number of aliphatic carboxylic acids is 1. The zero-order chi connectivity index (χ0) is 15.5. The fourth-order valence-electron chi connectivity index (χ4n) is 3.16. The molecule has 22 heavy (non-hydrogen) atoms. The fraction of sp³-hybridized carbons (Fsp3) is 0.412. The van der Waals surface area contributed by atoms with E-state index in [-0.39, 0.29) is 5.91 Å². The molecule has 0 radical (unpaired) electrons. The Bertz CT molecular complexity index is 705. The first-order chi connectivity index (χ1) is 10.6. The summed E-state index contributed by atoms with van der Waals surface area (Å²) in [6, 6.07) is 8.00. The van der Waals surface area contributed by atoms with E-state index in [9.17, 15) is 9.59 Å². The zero-order valence-electron chi connectivity index (χ0n) is 12.4. The van der Waals surface area contributed by atoms with Crippen LogP contribution < -0.4 is 5.32 Å². The van der Waals surface area contributed by atoms with Crippen molar-refractivity contribution in [3.05, 3.63) is 35.5 Å². The number of carboxylic acids is 1. The highest BCUT2D eigenvalue weighted by Gasteiger charge is 2.26. The second-order valence-electron chi connectivity index (χ2n) is 5.83. The number of para-hydroxylation sites is 1. The minimum Gasteiger partial charge on any atom is -0.480 e. The number of nitrogens with one attached hydrogen (secondary N) is 2. The van der Waals surface area contributed by atoms with Crippen LogP contribution in [0.1, 0.15) is 36.9 Å². The summed E-state index contributed by atoms with van der Waals surface area (Å²) < 4.78 is 0. The smallest absolute Gasteiger partial charge is 0.326 e. The molecule has 1 saturated heterocycles. The lowest BCUT2D eigenvalue weighted by atomic mass is 9.96. The predicted octanol–water partition coefficient (Wildman–Crippen LogP) is 2.40. The lowest BCUT2D eigenvalue weighted by molar-refractivity contribution is -0.140. The van der Waals surface area contributed by atoms with E-state index in [4.69, 9.17) is 5.11 Å². The van der Waals surface area contributed by atoms with E-state index in [1.807, 2.05) is 0 Å². The van der Waals surface area contributed by atoms with Crippen molar-refractivity contribution >= 4 is 22.8 Å². The van der Waals surface area contributed by atoms with Crippen LogP contribution in [-0.2, 0) is 22.4 Å². The quantitative estimate of drug-likeness (QED) is 0.756. The van der Waals surface area contributed by atoms with Crippen LogP contribution in [0.4, 0.5) is 0 Å². The van der Waals surface area contributed by atoms with Gasteiger partial charge in [-0.2, -0.15) is 0 Å². The third-order valence-corrected chi connectivity index (χ3v) is 4.30. The standard InChI is InChI=1S/C12H13N.C5H7NO3/c1-3-7-11-9(5-1)10-6-2-4-8-12(10)13-11;7-4-2-1-3(6-4)5(8)9/h1,3,5,7,13H,2,4,6,8H2;3H,1-2H2,(H,6,7)(H,8,9)/t;3-/m.0/s1. The molecule has 116 valence electrons. The number of rotatable bonds is 1. The first-order valence-corrected chi connectivity index (χ1v) is 7.76. The number of aromatic amines is 1. The highest BCUT2D eigenvalue weighted by Crippen LogP contribution is 2.28. The Hall–Kier alpha value is -2.30. The normalized spacial score (nSPS) is 20.0. The molecule has 3 N–H and O–H groups in total. The molecule has 2 aliphatic rings. The van der Waals surface area contributed by atoms with Gasteiger partial charge >= 0.3 is 5.97 Å². The molecular formula is C17H20N2O3. The summed E-state index contributed by atoms with van der Waals surface area (Å²) in [6.07, 6.45) is 5.98. The summed E-state index contributed by atoms with van der Waals surface area (Å²) >= 11 is 0. The molecule has 1 atom stereocenters. The molecule has 5 heteroatoms. The van der Waals surface area contributed by atoms with Crippen molar-refractivity contribution in [2.24, 2.45) is 0 Å². The molecule has 1 aromatic carbocycles. The Balaban J connectivity index is 0.000000142. The van der Waals surface area contributed by atoms with Crippen LogP contribution in [0.5, 0.6) is 0 Å². The maximum Gasteiger partial charge on any atom is 0.326 e. The fourth-order valence-corrected chi connectivity index (χ4v) is 3.16. The van der Waals surface area contributed by atoms with Gasteiger partial charge in [0.1, 0.15) is 6.04 Å². The first kappa shape index (κ1) is 14.6. The Morgan fingerprint density at radius 2 is 1.91 bits per heavy atom. The van der Waals surface area contributed by atoms with Crippen molar-refractivity contribution in [2.45, 2.75) is 44.6 Å². The third kappa shape index (κ3) is 2.98. The minimum atomic E-state index is -0.944. The summed E-state index contributed by atoms with van der Waals surface area (Å²) in [7, 11) is 0. The number of carboxylic acid groups (broad SMARTS) is 1. The summed E-state index contributed by atoms with van der Waals surface area (Å²) in [5.74, 6) is -1.11. The van der Waals surface area contributed by atoms with Gasteiger partial charge in [-0.1, -0.05) is 18.2 Å². The number of fused-ring (bicyclic) bond motifs is 3. The van der Waals surface area contributed by atoms with Crippen LogP contribution in [0.3, 0.4) is 0 Å². The average Bonchev–Trinajstić information content (AvgIpc) is 3.11. The van der Waals surface area contributed by atoms with E-state index in [2.05, 4.69) is 34.6 Å². The van der Waals surface area contributed by atoms with Gasteiger partial charge in [-0.15, -0.1) is 0 Å². The molecule has 1 aliphatic heterocycles. The van der Waals surface area contributed by atoms with Crippen LogP contribution in [0.25, 0.3) is 10.9 Å². The topological polar surface area (TPSA) is 82.2 Å². The van der Waals surface area contributed by atoms with Gasteiger partial charge in [0.25, 0.3) is 0 Å². The van der Waals surface area contributed by atoms with Crippen LogP contribution in [0.2, 0.25) is 0 Å². The summed E-state index contributed by atoms with van der Waals surface area (Å²) in [5, 5.41) is 12.1. The molecule has 1 aliphatic carbocycles. The zero-order valence-corrected chi connectivity index (χ0v) is 12.4. The van der Waals surface area contributed by atoms with E-state index in [1.54, 1.807) is 5.56 Å². The van der Waals surface area contributed by atoms with E-state index in [0.29, 0.717) is 12.8 Å². The van der Waals surface area contributed by atoms with E-state index >= 15 is 0 Å². The maximum absolute atomic E-state index is 10.4. The van der Waals surface area contributed by atoms with Crippen molar-refractivity contribution < 1.29 is 14.7 Å². The van der Waals surface area contributed by atoms with Gasteiger partial charge < -0.3 is 15.4 Å². The van der Waals surface area contributed by atoms with Crippen molar-refractivity contribution in [2.75, 3.05) is 0 Å². The van der Waals surface area contributed by atoms with Gasteiger partial charge in [-0.25, -0.2) is 4.79 Å². The highest BCUT2D eigenvalue weighted by molar-refractivity contribution is 5.87. The van der Waals surface area contributed by atoms with Crippen LogP contribution in [0, 0.1) is 0 Å². The number of carbonyl (C=O) groups is 2. The molecule has 0 bridgehead atoms. The van der Waals surface area contributed by atoms with Crippen molar-refractivity contribution in [1.82, 2.24) is 10.3 Å². The third-order valence-electron chi connectivity index (χ3n) is 4.30. The monoisotopic (exact) mass is 300 g/mol. The Kier molecular flexibility index (Phi) is 4.13. The largest absolute Gasteiger partial charge is 0.480 e. The van der Waals surface area contributed by atoms with E-state index in [1.165, 1.54) is 42.3 Å². The molecule has 2 aromatic rings. The lowest BCUT2D eigenvalue weighted by Crippen LogP contribution is -2.32. The number of hydrogen-bond donors (Lipinski definition) is 3. The second kappa shape index (κ2) is 6.22. The number of hydrogen-bond acceptors (Lipinski definition) is 2. The molecule has 1 aromatic heterocycles. The molecule has 0 spiro atoms. The molecule has 5 nitrogen and oxygen atoms in total. The summed E-state index contributed by atoms with van der Waals surface area (Å²) in [4.78, 5) is 24.0. The molecule has 0 saturated carbocycles. The van der Waals surface area contributed by atoms with Crippen LogP contribution >= 0.6 is 0 Å². The Morgan fingerprint density at radius 3 is 2.59 bits per heavy atom. The van der Waals surface area contributed by atoms with E-state index < -0.39 is 12.0 Å². The predicted molar refractivity (Wildman–Crippen MR) is 83.7 cm³/mol. The minimum absolute atomic E-state index is 0.164. The summed E-state index contributed by atoms with van der Waals surface area (Å²) in [6.45, 7) is 0. The number of carbonyl (C=O) groups excluding carboxylic acids is 1. The molecule has 2 heterocycles. The number of aryl methyl sites for hydroxylation is 2. The van der Waals surface area contributed by atoms with Crippen molar-refractivity contribution in [1.29, 1.82) is 0 Å². The van der Waals surface area contributed by atoms with Gasteiger partial charge in [-0.3, -0.25) is 4.79 Å². The van der Waals surface area contributed by atoms with E-state index in [0.717, 1.165) is 0 Å². The second-order valence-corrected chi connectivity index (χ2v) is 5.83. The number of H-pyrrole nitrogens is 1. The highest BCUT2D eigenvalue weighted by atomic mass is 16.4. The molecular weight excluding hydrogens is 280 g/mol. The lowest BCUT2D eigenvalue weighted by Gasteiger charge is -2.10. The Morgan fingerprint density at radius 1 is 1.14 bits per heavy atom. The molecule has 0 unspecified atom stereocenters. The molecule has 1 fully saturated rings. The van der Waals surface area contributed by atoms with Gasteiger partial charge in [-0.05, 0) is 43.7 Å². The van der Waals surface area contributed by atoms with Crippen LogP contribution in [0.15, 0.2) is 24.3 Å². The SMILES string of the molecule is O=C1CC[C@@H](C(=O)O)N1.c1ccc2c3c([nH]c2c1)CCCC3. The number of amides is 1. The Labute approximate surface area is 128 Å². The molecule has 1 amide bonds. The average molecular weight is 300 g/mol. The maximum atomic E-state index is 10.4. The van der Waals surface area contributed by atoms with Crippen molar-refractivity contribution in [3.63, 3.8) is 0 Å². The summed E-state index contributed by atoms with van der Waals surface area (Å²) in [5.41, 5.74) is 4.36. The first-order valence-electron chi connectivity index (χ1n) is 7.76. The number of aromatic nitrogens is 1. The van der Waals surface area contributed by atoms with Gasteiger partial charge in [0.05, 0.1) is 0 Å². The van der Waals surface area contributed by atoms with Gasteiger partial charge in [0.2, 0.25) is 5.91 Å². The van der Waals surface area contributed by atoms with Gasteiger partial charge in [0, 0.05) is 23.0 Å². The number of benzene rings is 1. The van der Waals surface area contributed by atoms with Crippen molar-refractivity contribution in [3.8, 4) is 0 Å². The van der Waals surface area contributed by atoms with Gasteiger partial charge in [0.15, 0.2) is 0 Å². The molecule has 4 rings (SSSR count). The van der Waals surface area contributed by atoms with Crippen LogP contribution in [-0.4, -0.2) is 28.0 Å².